The summed E-state index contributed by atoms with van der Waals surface area (Å²) in [6, 6.07) is 4.43. The summed E-state index contributed by atoms with van der Waals surface area (Å²) in [4.78, 5) is 2.49. The lowest BCUT2D eigenvalue weighted by atomic mass is 9.98. The third-order valence-electron chi connectivity index (χ3n) is 5.13. The maximum Gasteiger partial charge on any atom is 0.179 e. The van der Waals surface area contributed by atoms with Crippen LogP contribution in [-0.4, -0.2) is 37.7 Å². The van der Waals surface area contributed by atoms with Crippen LogP contribution in [0.2, 0.25) is 5.02 Å². The molecule has 3 atom stereocenters. The largest absolute Gasteiger partial charge is 0.493 e. The summed E-state index contributed by atoms with van der Waals surface area (Å²) in [5.41, 5.74) is 7.40. The van der Waals surface area contributed by atoms with E-state index in [4.69, 9.17) is 26.8 Å². The summed E-state index contributed by atoms with van der Waals surface area (Å²) in [6.07, 6.45) is 3.40. The Morgan fingerprint density at radius 1 is 1.30 bits per heavy atom. The zero-order valence-corrected chi connectivity index (χ0v) is 14.8. The highest BCUT2D eigenvalue weighted by Crippen LogP contribution is 2.40. The van der Waals surface area contributed by atoms with E-state index in [1.54, 1.807) is 7.11 Å². The highest BCUT2D eigenvalue weighted by molar-refractivity contribution is 6.32. The lowest BCUT2D eigenvalue weighted by molar-refractivity contribution is 0.288. The van der Waals surface area contributed by atoms with Crippen molar-refractivity contribution in [1.82, 2.24) is 4.90 Å². The molecule has 23 heavy (non-hydrogen) atoms. The molecule has 128 valence electrons. The molecular formula is C18H27ClN2O2. The minimum atomic E-state index is 0.382. The number of fused-ring (bicyclic) bond motifs is 1. The molecule has 1 aromatic carbocycles. The summed E-state index contributed by atoms with van der Waals surface area (Å²) >= 11 is 6.41. The molecule has 5 heteroatoms. The molecule has 1 heterocycles. The molecule has 2 fully saturated rings. The van der Waals surface area contributed by atoms with Crippen molar-refractivity contribution < 1.29 is 9.47 Å². The summed E-state index contributed by atoms with van der Waals surface area (Å²) in [7, 11) is 1.66. The second kappa shape index (κ2) is 7.29. The zero-order valence-electron chi connectivity index (χ0n) is 14.1. The van der Waals surface area contributed by atoms with Gasteiger partial charge in [-0.05, 0) is 48.8 Å². The Labute approximate surface area is 143 Å². The molecule has 1 aliphatic heterocycles. The Morgan fingerprint density at radius 3 is 2.83 bits per heavy atom. The van der Waals surface area contributed by atoms with Crippen LogP contribution < -0.4 is 15.2 Å². The number of halogens is 1. The van der Waals surface area contributed by atoms with Crippen molar-refractivity contribution in [3.63, 3.8) is 0 Å². The number of methoxy groups -OCH3 is 1. The molecule has 2 aliphatic rings. The topological polar surface area (TPSA) is 47.7 Å². The predicted molar refractivity (Wildman–Crippen MR) is 93.3 cm³/mol. The first kappa shape index (κ1) is 16.9. The van der Waals surface area contributed by atoms with E-state index < -0.39 is 0 Å². The highest BCUT2D eigenvalue weighted by Gasteiger charge is 2.40. The van der Waals surface area contributed by atoms with Crippen molar-refractivity contribution in [2.75, 3.05) is 26.8 Å². The van der Waals surface area contributed by atoms with Crippen molar-refractivity contribution in [2.45, 2.75) is 38.8 Å². The maximum absolute atomic E-state index is 6.41. The van der Waals surface area contributed by atoms with Gasteiger partial charge in [0.1, 0.15) is 0 Å². The van der Waals surface area contributed by atoms with Crippen LogP contribution in [0.3, 0.4) is 0 Å². The monoisotopic (exact) mass is 338 g/mol. The van der Waals surface area contributed by atoms with E-state index in [-0.39, 0.29) is 0 Å². The van der Waals surface area contributed by atoms with Gasteiger partial charge in [-0.2, -0.15) is 0 Å². The zero-order chi connectivity index (χ0) is 16.4. The molecule has 1 saturated carbocycles. The molecule has 0 amide bonds. The summed E-state index contributed by atoms with van der Waals surface area (Å²) in [5, 5.41) is 0.629. The number of rotatable bonds is 6. The van der Waals surface area contributed by atoms with Crippen molar-refractivity contribution in [1.29, 1.82) is 0 Å². The Bertz CT molecular complexity index is 552. The van der Waals surface area contributed by atoms with E-state index in [1.807, 2.05) is 12.1 Å². The number of hydrogen-bond acceptors (Lipinski definition) is 4. The van der Waals surface area contributed by atoms with E-state index in [1.165, 1.54) is 18.4 Å². The van der Waals surface area contributed by atoms with E-state index in [0.717, 1.165) is 37.7 Å². The molecule has 1 aliphatic carbocycles. The first-order valence-electron chi connectivity index (χ1n) is 8.59. The van der Waals surface area contributed by atoms with Gasteiger partial charge in [0.15, 0.2) is 11.5 Å². The molecule has 0 radical (unpaired) electrons. The maximum atomic E-state index is 6.41. The SMILES string of the molecule is CCCOc1c(Cl)cc(CN2C[C@@H]3CC[C@@H](N)[C@@H]3C2)cc1OC. The number of hydrogen-bond donors (Lipinski definition) is 1. The van der Waals surface area contributed by atoms with Gasteiger partial charge in [-0.25, -0.2) is 0 Å². The average molecular weight is 339 g/mol. The fourth-order valence-corrected chi connectivity index (χ4v) is 4.28. The number of nitrogens with zero attached hydrogens (tertiary/aromatic N) is 1. The van der Waals surface area contributed by atoms with Gasteiger partial charge < -0.3 is 15.2 Å². The standard InChI is InChI=1S/C18H27ClN2O2/c1-3-6-23-18-15(19)7-12(8-17(18)22-2)9-21-10-13-4-5-16(20)14(13)11-21/h7-8,13-14,16H,3-6,9-11,20H2,1-2H3/t13-,14+,16+/m0/s1. The first-order chi connectivity index (χ1) is 11.1. The highest BCUT2D eigenvalue weighted by atomic mass is 35.5. The third kappa shape index (κ3) is 3.59. The Kier molecular flexibility index (Phi) is 5.34. The van der Waals surface area contributed by atoms with Crippen LogP contribution in [0, 0.1) is 11.8 Å². The lowest BCUT2D eigenvalue weighted by Gasteiger charge is -2.20. The number of ether oxygens (including phenoxy) is 2. The van der Waals surface area contributed by atoms with Gasteiger partial charge in [0.05, 0.1) is 18.7 Å². The van der Waals surface area contributed by atoms with Crippen LogP contribution in [0.1, 0.15) is 31.7 Å². The molecular weight excluding hydrogens is 312 g/mol. The van der Waals surface area contributed by atoms with Crippen LogP contribution in [0.5, 0.6) is 11.5 Å². The molecule has 0 spiro atoms. The lowest BCUT2D eigenvalue weighted by Crippen LogP contribution is -2.30. The Balaban J connectivity index is 1.70. The molecule has 4 nitrogen and oxygen atoms in total. The van der Waals surface area contributed by atoms with Gasteiger partial charge in [-0.15, -0.1) is 0 Å². The number of nitrogens with two attached hydrogens (primary N) is 1. The van der Waals surface area contributed by atoms with E-state index in [2.05, 4.69) is 11.8 Å². The molecule has 0 bridgehead atoms. The van der Waals surface area contributed by atoms with Gasteiger partial charge in [-0.3, -0.25) is 4.90 Å². The molecule has 1 saturated heterocycles. The van der Waals surface area contributed by atoms with Crippen molar-refractivity contribution in [3.05, 3.63) is 22.7 Å². The molecule has 1 aromatic rings. The summed E-state index contributed by atoms with van der Waals surface area (Å²) < 4.78 is 11.2. The van der Waals surface area contributed by atoms with Crippen molar-refractivity contribution >= 4 is 11.6 Å². The fraction of sp³-hybridized carbons (Fsp3) is 0.667. The second-order valence-corrected chi connectivity index (χ2v) is 7.22. The summed E-state index contributed by atoms with van der Waals surface area (Å²) in [6.45, 7) is 5.85. The van der Waals surface area contributed by atoms with Gasteiger partial charge in [0, 0.05) is 25.7 Å². The van der Waals surface area contributed by atoms with Crippen molar-refractivity contribution in [2.24, 2.45) is 17.6 Å². The minimum absolute atomic E-state index is 0.382. The number of benzene rings is 1. The van der Waals surface area contributed by atoms with Gasteiger partial charge >= 0.3 is 0 Å². The smallest absolute Gasteiger partial charge is 0.179 e. The van der Waals surface area contributed by atoms with Gasteiger partial charge in [-0.1, -0.05) is 18.5 Å². The van der Waals surface area contributed by atoms with Crippen LogP contribution >= 0.6 is 11.6 Å². The van der Waals surface area contributed by atoms with Crippen LogP contribution in [0.15, 0.2) is 12.1 Å². The third-order valence-corrected chi connectivity index (χ3v) is 5.41. The van der Waals surface area contributed by atoms with E-state index in [0.29, 0.717) is 29.3 Å². The van der Waals surface area contributed by atoms with Gasteiger partial charge in [0.25, 0.3) is 0 Å². The second-order valence-electron chi connectivity index (χ2n) is 6.82. The normalized spacial score (nSPS) is 27.2. The molecule has 2 N–H and O–H groups in total. The van der Waals surface area contributed by atoms with Crippen LogP contribution in [0.25, 0.3) is 0 Å². The van der Waals surface area contributed by atoms with Crippen LogP contribution in [-0.2, 0) is 6.54 Å². The van der Waals surface area contributed by atoms with E-state index >= 15 is 0 Å². The quantitative estimate of drug-likeness (QED) is 0.864. The first-order valence-corrected chi connectivity index (χ1v) is 8.97. The average Bonchev–Trinajstić information content (AvgIpc) is 3.07. The van der Waals surface area contributed by atoms with E-state index in [9.17, 15) is 0 Å². The van der Waals surface area contributed by atoms with Crippen molar-refractivity contribution in [3.8, 4) is 11.5 Å². The van der Waals surface area contributed by atoms with Gasteiger partial charge in [0.2, 0.25) is 0 Å². The fourth-order valence-electron chi connectivity index (χ4n) is 4.00. The number of likely N-dealkylation sites (tertiary alicyclic amines) is 1. The Morgan fingerprint density at radius 2 is 2.13 bits per heavy atom. The minimum Gasteiger partial charge on any atom is -0.493 e. The summed E-state index contributed by atoms with van der Waals surface area (Å²) in [5.74, 6) is 2.81. The molecule has 0 unspecified atom stereocenters. The predicted octanol–water partition coefficient (Wildman–Crippen LogP) is 3.31. The van der Waals surface area contributed by atoms with Crippen LogP contribution in [0.4, 0.5) is 0 Å². The Hall–Kier alpha value is -0.970. The molecule has 0 aromatic heterocycles. The molecule has 3 rings (SSSR count).